The summed E-state index contributed by atoms with van der Waals surface area (Å²) in [6.07, 6.45) is 1.95. The Morgan fingerprint density at radius 1 is 1.24 bits per heavy atom. The van der Waals surface area contributed by atoms with Gasteiger partial charge in [0.2, 0.25) is 0 Å². The molecule has 1 aromatic carbocycles. The second-order valence-electron chi connectivity index (χ2n) is 6.68. The summed E-state index contributed by atoms with van der Waals surface area (Å²) in [6.45, 7) is 2.84. The van der Waals surface area contributed by atoms with Gasteiger partial charge >= 0.3 is 0 Å². The summed E-state index contributed by atoms with van der Waals surface area (Å²) >= 11 is 1.65. The van der Waals surface area contributed by atoms with Crippen LogP contribution < -0.4 is 0 Å². The first-order valence-electron chi connectivity index (χ1n) is 8.52. The number of carbonyl (C=O) groups excluding carboxylic acids is 1. The van der Waals surface area contributed by atoms with Crippen LogP contribution in [0.2, 0.25) is 0 Å². The SMILES string of the molecule is Cc1ccc2nc([C@@H]3CCCN3C(=O)c3cc4sccc4[nH]3)[nH]c2c1. The summed E-state index contributed by atoms with van der Waals surface area (Å²) in [7, 11) is 0. The van der Waals surface area contributed by atoms with Crippen molar-refractivity contribution in [2.45, 2.75) is 25.8 Å². The van der Waals surface area contributed by atoms with Crippen molar-refractivity contribution in [3.63, 3.8) is 0 Å². The topological polar surface area (TPSA) is 64.8 Å². The van der Waals surface area contributed by atoms with Crippen LogP contribution in [0.25, 0.3) is 21.3 Å². The average Bonchev–Trinajstić information content (AvgIpc) is 3.34. The summed E-state index contributed by atoms with van der Waals surface area (Å²) in [5.41, 5.74) is 4.90. The Kier molecular flexibility index (Phi) is 3.21. The van der Waals surface area contributed by atoms with E-state index in [2.05, 4.69) is 29.0 Å². The van der Waals surface area contributed by atoms with Crippen molar-refractivity contribution in [3.8, 4) is 0 Å². The largest absolute Gasteiger partial charge is 0.350 e. The van der Waals surface area contributed by atoms with Crippen LogP contribution in [0.3, 0.4) is 0 Å². The van der Waals surface area contributed by atoms with Crippen molar-refractivity contribution in [1.29, 1.82) is 0 Å². The highest BCUT2D eigenvalue weighted by atomic mass is 32.1. The number of H-pyrrole nitrogens is 2. The van der Waals surface area contributed by atoms with Gasteiger partial charge in [-0.05, 0) is 55.0 Å². The highest BCUT2D eigenvalue weighted by Gasteiger charge is 2.33. The van der Waals surface area contributed by atoms with Gasteiger partial charge in [0.1, 0.15) is 11.5 Å². The highest BCUT2D eigenvalue weighted by Crippen LogP contribution is 2.33. The van der Waals surface area contributed by atoms with Gasteiger partial charge in [0.25, 0.3) is 5.91 Å². The van der Waals surface area contributed by atoms with Gasteiger partial charge in [-0.2, -0.15) is 0 Å². The molecule has 6 heteroatoms. The minimum Gasteiger partial charge on any atom is -0.350 e. The molecular formula is C19H18N4OS. The zero-order valence-corrected chi connectivity index (χ0v) is 14.7. The standard InChI is InChI=1S/C19H18N4OS/c1-11-4-5-12-14(9-11)22-18(21-12)16-3-2-7-23(16)19(24)15-10-17-13(20-15)6-8-25-17/h4-6,8-10,16,20H,2-3,7H2,1H3,(H,21,22)/t16-/m0/s1. The van der Waals surface area contributed by atoms with E-state index in [-0.39, 0.29) is 11.9 Å². The molecule has 3 aromatic heterocycles. The second-order valence-corrected chi connectivity index (χ2v) is 7.63. The molecule has 0 aliphatic carbocycles. The van der Waals surface area contributed by atoms with E-state index < -0.39 is 0 Å². The fourth-order valence-electron chi connectivity index (χ4n) is 3.71. The molecule has 4 heterocycles. The van der Waals surface area contributed by atoms with E-state index in [0.717, 1.165) is 46.5 Å². The summed E-state index contributed by atoms with van der Waals surface area (Å²) in [6, 6.07) is 10.2. The van der Waals surface area contributed by atoms with Gasteiger partial charge in [0.15, 0.2) is 0 Å². The monoisotopic (exact) mass is 350 g/mol. The van der Waals surface area contributed by atoms with Crippen LogP contribution in [0.4, 0.5) is 0 Å². The maximum Gasteiger partial charge on any atom is 0.270 e. The number of rotatable bonds is 2. The molecule has 25 heavy (non-hydrogen) atoms. The van der Waals surface area contributed by atoms with Crippen LogP contribution in [0, 0.1) is 6.92 Å². The third kappa shape index (κ3) is 2.36. The van der Waals surface area contributed by atoms with Gasteiger partial charge in [-0.3, -0.25) is 4.79 Å². The first-order valence-corrected chi connectivity index (χ1v) is 9.40. The quantitative estimate of drug-likeness (QED) is 0.563. The van der Waals surface area contributed by atoms with Crippen molar-refractivity contribution in [2.75, 3.05) is 6.54 Å². The number of likely N-dealkylation sites (tertiary alicyclic amines) is 1. The molecule has 1 atom stereocenters. The van der Waals surface area contributed by atoms with Crippen LogP contribution >= 0.6 is 11.3 Å². The number of aromatic nitrogens is 3. The molecule has 126 valence electrons. The molecule has 5 nitrogen and oxygen atoms in total. The molecular weight excluding hydrogens is 332 g/mol. The zero-order chi connectivity index (χ0) is 17.0. The molecule has 0 saturated carbocycles. The number of nitrogens with one attached hydrogen (secondary N) is 2. The molecule has 0 bridgehead atoms. The van der Waals surface area contributed by atoms with Crippen LogP contribution in [0.5, 0.6) is 0 Å². The van der Waals surface area contributed by atoms with Crippen molar-refractivity contribution < 1.29 is 4.79 Å². The summed E-state index contributed by atoms with van der Waals surface area (Å²) in [5, 5.41) is 2.03. The minimum absolute atomic E-state index is 0.0153. The molecule has 1 fully saturated rings. The number of imidazole rings is 1. The number of amides is 1. The first-order chi connectivity index (χ1) is 12.2. The Bertz CT molecular complexity index is 1060. The maximum absolute atomic E-state index is 13.0. The van der Waals surface area contributed by atoms with Crippen LogP contribution in [-0.2, 0) is 0 Å². The number of benzene rings is 1. The second kappa shape index (κ2) is 5.46. The van der Waals surface area contributed by atoms with E-state index in [1.807, 2.05) is 28.5 Å². The van der Waals surface area contributed by atoms with Gasteiger partial charge in [0, 0.05) is 6.54 Å². The molecule has 0 spiro atoms. The predicted molar refractivity (Wildman–Crippen MR) is 100 cm³/mol. The van der Waals surface area contributed by atoms with Crippen molar-refractivity contribution in [1.82, 2.24) is 19.9 Å². The fraction of sp³-hybridized carbons (Fsp3) is 0.263. The van der Waals surface area contributed by atoms with Gasteiger partial charge in [-0.1, -0.05) is 6.07 Å². The van der Waals surface area contributed by atoms with E-state index in [1.165, 1.54) is 5.56 Å². The number of hydrogen-bond acceptors (Lipinski definition) is 3. The van der Waals surface area contributed by atoms with Crippen LogP contribution in [0.15, 0.2) is 35.7 Å². The van der Waals surface area contributed by atoms with Crippen molar-refractivity contribution in [3.05, 3.63) is 52.8 Å². The Morgan fingerprint density at radius 2 is 2.16 bits per heavy atom. The van der Waals surface area contributed by atoms with E-state index in [1.54, 1.807) is 11.3 Å². The Balaban J connectivity index is 1.49. The molecule has 5 rings (SSSR count). The molecule has 0 radical (unpaired) electrons. The Hall–Kier alpha value is -2.60. The molecule has 1 aliphatic rings. The lowest BCUT2D eigenvalue weighted by Gasteiger charge is -2.22. The Labute approximate surface area is 148 Å². The lowest BCUT2D eigenvalue weighted by atomic mass is 10.2. The predicted octanol–water partition coefficient (Wildman–Crippen LogP) is 4.39. The Morgan fingerprint density at radius 3 is 3.04 bits per heavy atom. The number of hydrogen-bond donors (Lipinski definition) is 2. The normalized spacial score (nSPS) is 17.8. The van der Waals surface area contributed by atoms with Gasteiger partial charge in [0.05, 0.1) is 27.3 Å². The minimum atomic E-state index is 0.0153. The number of carbonyl (C=O) groups is 1. The molecule has 4 aromatic rings. The molecule has 1 amide bonds. The third-order valence-corrected chi connectivity index (χ3v) is 5.82. The van der Waals surface area contributed by atoms with Crippen molar-refractivity contribution >= 4 is 38.5 Å². The molecule has 1 aliphatic heterocycles. The van der Waals surface area contributed by atoms with E-state index in [0.29, 0.717) is 5.69 Å². The number of nitrogens with zero attached hydrogens (tertiary/aromatic N) is 2. The van der Waals surface area contributed by atoms with Crippen LogP contribution in [0.1, 0.15) is 40.8 Å². The maximum atomic E-state index is 13.0. The molecule has 0 unspecified atom stereocenters. The van der Waals surface area contributed by atoms with E-state index in [4.69, 9.17) is 4.98 Å². The van der Waals surface area contributed by atoms with Crippen LogP contribution in [-0.4, -0.2) is 32.3 Å². The number of thiophene rings is 1. The van der Waals surface area contributed by atoms with Crippen molar-refractivity contribution in [2.24, 2.45) is 0 Å². The van der Waals surface area contributed by atoms with Gasteiger partial charge in [-0.15, -0.1) is 11.3 Å². The third-order valence-electron chi connectivity index (χ3n) is 4.96. The average molecular weight is 350 g/mol. The lowest BCUT2D eigenvalue weighted by molar-refractivity contribution is 0.0725. The smallest absolute Gasteiger partial charge is 0.270 e. The van der Waals surface area contributed by atoms with E-state index >= 15 is 0 Å². The fourth-order valence-corrected chi connectivity index (χ4v) is 4.50. The molecule has 1 saturated heterocycles. The summed E-state index contributed by atoms with van der Waals surface area (Å²) < 4.78 is 1.12. The van der Waals surface area contributed by atoms with Gasteiger partial charge < -0.3 is 14.9 Å². The lowest BCUT2D eigenvalue weighted by Crippen LogP contribution is -2.31. The van der Waals surface area contributed by atoms with E-state index in [9.17, 15) is 4.79 Å². The number of aromatic amines is 2. The zero-order valence-electron chi connectivity index (χ0n) is 13.9. The molecule has 2 N–H and O–H groups in total. The summed E-state index contributed by atoms with van der Waals surface area (Å²) in [5.74, 6) is 0.947. The highest BCUT2D eigenvalue weighted by molar-refractivity contribution is 7.17. The summed E-state index contributed by atoms with van der Waals surface area (Å²) in [4.78, 5) is 26.4. The number of aryl methyl sites for hydroxylation is 1. The number of fused-ring (bicyclic) bond motifs is 2. The van der Waals surface area contributed by atoms with Gasteiger partial charge in [-0.25, -0.2) is 4.98 Å². The first kappa shape index (κ1) is 14.7.